The molecule has 0 amide bonds. The Kier molecular flexibility index (Phi) is 2.02. The molecule has 2 rings (SSSR count). The van der Waals surface area contributed by atoms with E-state index < -0.39 is 0 Å². The molecule has 2 aromatic rings. The molecule has 0 unspecified atom stereocenters. The van der Waals surface area contributed by atoms with Crippen molar-refractivity contribution < 1.29 is 9.21 Å². The molecule has 3 heteroatoms. The van der Waals surface area contributed by atoms with Crippen LogP contribution in [0.3, 0.4) is 0 Å². The molecule has 0 N–H and O–H groups in total. The molecule has 0 bridgehead atoms. The van der Waals surface area contributed by atoms with Gasteiger partial charge in [0.15, 0.2) is 5.76 Å². The molecular formula is C10H8O2S. The van der Waals surface area contributed by atoms with Gasteiger partial charge < -0.3 is 4.42 Å². The van der Waals surface area contributed by atoms with Crippen molar-refractivity contribution in [3.63, 3.8) is 0 Å². The van der Waals surface area contributed by atoms with Crippen molar-refractivity contribution in [3.05, 3.63) is 46.0 Å². The van der Waals surface area contributed by atoms with E-state index in [1.165, 1.54) is 17.6 Å². The fourth-order valence-corrected chi connectivity index (χ4v) is 1.99. The zero-order chi connectivity index (χ0) is 9.26. The van der Waals surface area contributed by atoms with Crippen LogP contribution in [0.1, 0.15) is 21.0 Å². The van der Waals surface area contributed by atoms with Gasteiger partial charge in [-0.05, 0) is 36.1 Å². The normalized spacial score (nSPS) is 10.2. The highest BCUT2D eigenvalue weighted by Crippen LogP contribution is 2.19. The number of rotatable bonds is 2. The van der Waals surface area contributed by atoms with Gasteiger partial charge >= 0.3 is 0 Å². The number of carbonyl (C=O) groups excluding carboxylic acids is 1. The molecule has 2 heterocycles. The van der Waals surface area contributed by atoms with Crippen molar-refractivity contribution in [2.75, 3.05) is 0 Å². The first-order valence-electron chi connectivity index (χ1n) is 3.91. The highest BCUT2D eigenvalue weighted by Gasteiger charge is 2.14. The van der Waals surface area contributed by atoms with Crippen LogP contribution in [0, 0.1) is 6.92 Å². The topological polar surface area (TPSA) is 30.2 Å². The van der Waals surface area contributed by atoms with Crippen LogP contribution in [0.5, 0.6) is 0 Å². The molecule has 66 valence electrons. The van der Waals surface area contributed by atoms with E-state index in [0.717, 1.165) is 10.4 Å². The predicted molar refractivity (Wildman–Crippen MR) is 51.2 cm³/mol. The first kappa shape index (κ1) is 8.26. The number of aryl methyl sites for hydroxylation is 1. The summed E-state index contributed by atoms with van der Waals surface area (Å²) in [7, 11) is 0. The molecule has 0 aliphatic rings. The molecule has 2 aromatic heterocycles. The molecule has 0 aliphatic carbocycles. The van der Waals surface area contributed by atoms with Crippen LogP contribution in [0.4, 0.5) is 0 Å². The Hall–Kier alpha value is -1.35. The molecule has 0 spiro atoms. The van der Waals surface area contributed by atoms with Crippen molar-refractivity contribution in [2.45, 2.75) is 6.92 Å². The molecule has 0 radical (unpaired) electrons. The second-order valence-corrected chi connectivity index (χ2v) is 3.66. The third kappa shape index (κ3) is 1.42. The Bertz CT molecular complexity index is 412. The Morgan fingerprint density at radius 1 is 1.46 bits per heavy atom. The molecule has 13 heavy (non-hydrogen) atoms. The summed E-state index contributed by atoms with van der Waals surface area (Å²) in [6, 6.07) is 5.33. The number of carbonyl (C=O) groups is 1. The molecule has 0 saturated heterocycles. The summed E-state index contributed by atoms with van der Waals surface area (Å²) < 4.78 is 5.03. The lowest BCUT2D eigenvalue weighted by Crippen LogP contribution is -1.97. The van der Waals surface area contributed by atoms with Crippen LogP contribution in [0.15, 0.2) is 34.3 Å². The fraction of sp³-hybridized carbons (Fsp3) is 0.100. The van der Waals surface area contributed by atoms with Crippen LogP contribution in [-0.4, -0.2) is 5.78 Å². The lowest BCUT2D eigenvalue weighted by Gasteiger charge is -1.93. The number of furan rings is 1. The standard InChI is InChI=1S/C10H8O2S/c1-7-4-6-13-10(7)9(11)8-3-2-5-12-8/h2-6H,1H3. The summed E-state index contributed by atoms with van der Waals surface area (Å²) in [6.45, 7) is 1.92. The average molecular weight is 192 g/mol. The molecule has 0 atom stereocenters. The first-order chi connectivity index (χ1) is 6.29. The smallest absolute Gasteiger partial charge is 0.238 e. The largest absolute Gasteiger partial charge is 0.461 e. The quantitative estimate of drug-likeness (QED) is 0.685. The Morgan fingerprint density at radius 2 is 2.31 bits per heavy atom. The zero-order valence-electron chi connectivity index (χ0n) is 7.11. The number of hydrogen-bond acceptors (Lipinski definition) is 3. The molecule has 0 aromatic carbocycles. The minimum atomic E-state index is -0.0301. The average Bonchev–Trinajstić information content (AvgIpc) is 2.72. The van der Waals surface area contributed by atoms with Gasteiger partial charge in [0.05, 0.1) is 11.1 Å². The Morgan fingerprint density at radius 3 is 2.85 bits per heavy atom. The Balaban J connectivity index is 2.39. The van der Waals surface area contributed by atoms with Gasteiger partial charge in [-0.2, -0.15) is 0 Å². The van der Waals surface area contributed by atoms with Gasteiger partial charge in [-0.3, -0.25) is 4.79 Å². The van der Waals surface area contributed by atoms with E-state index in [9.17, 15) is 4.79 Å². The van der Waals surface area contributed by atoms with Gasteiger partial charge in [-0.15, -0.1) is 11.3 Å². The van der Waals surface area contributed by atoms with Crippen molar-refractivity contribution in [1.29, 1.82) is 0 Å². The lowest BCUT2D eigenvalue weighted by atomic mass is 10.2. The van der Waals surface area contributed by atoms with E-state index in [-0.39, 0.29) is 5.78 Å². The van der Waals surface area contributed by atoms with Crippen LogP contribution in [-0.2, 0) is 0 Å². The van der Waals surface area contributed by atoms with Gasteiger partial charge in [-0.25, -0.2) is 0 Å². The van der Waals surface area contributed by atoms with Gasteiger partial charge in [0, 0.05) is 0 Å². The maximum atomic E-state index is 11.7. The molecule has 0 fully saturated rings. The number of ketones is 1. The van der Waals surface area contributed by atoms with Crippen LogP contribution >= 0.6 is 11.3 Å². The van der Waals surface area contributed by atoms with Gasteiger partial charge in [0.2, 0.25) is 5.78 Å². The van der Waals surface area contributed by atoms with Crippen LogP contribution in [0.25, 0.3) is 0 Å². The van der Waals surface area contributed by atoms with E-state index in [1.54, 1.807) is 12.1 Å². The molecular weight excluding hydrogens is 184 g/mol. The zero-order valence-corrected chi connectivity index (χ0v) is 7.93. The van der Waals surface area contributed by atoms with Crippen molar-refractivity contribution in [1.82, 2.24) is 0 Å². The highest BCUT2D eigenvalue weighted by atomic mass is 32.1. The summed E-state index contributed by atoms with van der Waals surface area (Å²) in [4.78, 5) is 12.5. The SMILES string of the molecule is Cc1ccsc1C(=O)c1ccco1. The van der Waals surface area contributed by atoms with Crippen LogP contribution in [0.2, 0.25) is 0 Å². The maximum Gasteiger partial charge on any atom is 0.238 e. The van der Waals surface area contributed by atoms with Crippen molar-refractivity contribution in [3.8, 4) is 0 Å². The van der Waals surface area contributed by atoms with E-state index in [0.29, 0.717) is 5.76 Å². The third-order valence-corrected chi connectivity index (χ3v) is 2.83. The Labute approximate surface area is 79.8 Å². The number of thiophene rings is 1. The van der Waals surface area contributed by atoms with E-state index >= 15 is 0 Å². The summed E-state index contributed by atoms with van der Waals surface area (Å²) in [5.41, 5.74) is 1.01. The van der Waals surface area contributed by atoms with Crippen molar-refractivity contribution in [2.24, 2.45) is 0 Å². The summed E-state index contributed by atoms with van der Waals surface area (Å²) in [6.07, 6.45) is 1.51. The third-order valence-electron chi connectivity index (χ3n) is 1.81. The van der Waals surface area contributed by atoms with E-state index in [2.05, 4.69) is 0 Å². The summed E-state index contributed by atoms with van der Waals surface area (Å²) >= 11 is 1.45. The molecule has 0 aliphatic heterocycles. The summed E-state index contributed by atoms with van der Waals surface area (Å²) in [5.74, 6) is 0.378. The monoisotopic (exact) mass is 192 g/mol. The minimum Gasteiger partial charge on any atom is -0.461 e. The fourth-order valence-electron chi connectivity index (χ4n) is 1.13. The van der Waals surface area contributed by atoms with E-state index in [1.807, 2.05) is 18.4 Å². The van der Waals surface area contributed by atoms with Crippen molar-refractivity contribution >= 4 is 17.1 Å². The summed E-state index contributed by atoms with van der Waals surface area (Å²) in [5, 5.41) is 1.91. The first-order valence-corrected chi connectivity index (χ1v) is 4.79. The second kappa shape index (κ2) is 3.18. The molecule has 2 nitrogen and oxygen atoms in total. The maximum absolute atomic E-state index is 11.7. The second-order valence-electron chi connectivity index (χ2n) is 2.74. The highest BCUT2D eigenvalue weighted by molar-refractivity contribution is 7.12. The minimum absolute atomic E-state index is 0.0301. The lowest BCUT2D eigenvalue weighted by molar-refractivity contribution is 0.101. The van der Waals surface area contributed by atoms with Gasteiger partial charge in [0.1, 0.15) is 0 Å². The number of hydrogen-bond donors (Lipinski definition) is 0. The molecule has 0 saturated carbocycles. The van der Waals surface area contributed by atoms with Crippen LogP contribution < -0.4 is 0 Å². The van der Waals surface area contributed by atoms with Gasteiger partial charge in [0.25, 0.3) is 0 Å². The predicted octanol–water partition coefficient (Wildman–Crippen LogP) is 2.88. The van der Waals surface area contributed by atoms with E-state index in [4.69, 9.17) is 4.42 Å². The van der Waals surface area contributed by atoms with Gasteiger partial charge in [-0.1, -0.05) is 0 Å².